The van der Waals surface area contributed by atoms with Crippen LogP contribution in [-0.4, -0.2) is 124 Å². The van der Waals surface area contributed by atoms with E-state index in [1.54, 1.807) is 67.1 Å². The van der Waals surface area contributed by atoms with E-state index >= 15 is 0 Å². The van der Waals surface area contributed by atoms with Crippen LogP contribution in [0.25, 0.3) is 34.0 Å². The number of amides is 2. The van der Waals surface area contributed by atoms with Crippen LogP contribution in [0, 0.1) is 49.4 Å². The molecule has 1 aliphatic rings. The third-order valence-electron chi connectivity index (χ3n) is 10.1. The Balaban J connectivity index is 0.00000235. The number of nitrogens with zero attached hydrogens (tertiary/aromatic N) is 6. The van der Waals surface area contributed by atoms with Crippen molar-refractivity contribution in [2.45, 2.75) is 27.1 Å². The third kappa shape index (κ3) is 15.7. The van der Waals surface area contributed by atoms with Gasteiger partial charge in [0.2, 0.25) is 5.91 Å². The summed E-state index contributed by atoms with van der Waals surface area (Å²) in [4.78, 5) is 69.6. The molecule has 0 spiro atoms. The van der Waals surface area contributed by atoms with E-state index in [2.05, 4.69) is 47.9 Å². The zero-order valence-corrected chi connectivity index (χ0v) is 39.9. The number of pyridine rings is 3. The van der Waals surface area contributed by atoms with E-state index in [4.69, 9.17) is 18.2 Å². The summed E-state index contributed by atoms with van der Waals surface area (Å²) in [5.74, 6) is -1.45. The van der Waals surface area contributed by atoms with E-state index in [1.807, 2.05) is 12.3 Å². The monoisotopic (exact) mass is 1080 g/mol. The van der Waals surface area contributed by atoms with E-state index in [0.29, 0.717) is 116 Å². The van der Waals surface area contributed by atoms with Crippen LogP contribution in [0.4, 0.5) is 0 Å². The van der Waals surface area contributed by atoms with Crippen LogP contribution in [-0.2, 0) is 24.4 Å². The summed E-state index contributed by atoms with van der Waals surface area (Å²) in [6, 6.07) is 20.5. The Morgan fingerprint density at radius 1 is 0.606 bits per heavy atom. The Bertz CT molecular complexity index is 2360. The number of nitrogens with one attached hydrogen (secondary N) is 2. The van der Waals surface area contributed by atoms with E-state index in [0.717, 1.165) is 0 Å². The van der Waals surface area contributed by atoms with Crippen molar-refractivity contribution in [2.75, 3.05) is 70.6 Å². The van der Waals surface area contributed by atoms with E-state index < -0.39 is 17.8 Å². The number of carboxylic acids is 2. The van der Waals surface area contributed by atoms with Crippen molar-refractivity contribution in [3.63, 3.8) is 0 Å². The van der Waals surface area contributed by atoms with Crippen LogP contribution in [0.1, 0.15) is 56.0 Å². The molecule has 7 heterocycles. The number of hydrogen-bond donors (Lipinski definition) is 3. The number of carbonyl (C=O) groups is 4. The molecule has 1 aliphatic heterocycles. The number of hydrogen-bond acceptors (Lipinski definition) is 17. The van der Waals surface area contributed by atoms with Gasteiger partial charge in [0.15, 0.2) is 0 Å². The van der Waals surface area contributed by atoms with Crippen LogP contribution in [0.5, 0.6) is 0 Å². The molecular weight excluding hydrogens is 1020 g/mol. The van der Waals surface area contributed by atoms with Gasteiger partial charge in [0.25, 0.3) is 5.91 Å². The number of furan rings is 3. The fraction of sp³-hybridized carbons (Fsp3) is 0.326. The second kappa shape index (κ2) is 27.2. The van der Waals surface area contributed by atoms with Crippen molar-refractivity contribution >= 4 is 48.1 Å². The Hall–Kier alpha value is -4.67. The molecule has 17 nitrogen and oxygen atoms in total. The molecule has 0 aromatic carbocycles. The van der Waals surface area contributed by atoms with Gasteiger partial charge >= 0.3 is 49.4 Å². The zero-order valence-electron chi connectivity index (χ0n) is 35.7. The quantitative estimate of drug-likeness (QED) is 0.0877. The van der Waals surface area contributed by atoms with Gasteiger partial charge in [-0.1, -0.05) is 7.43 Å². The zero-order chi connectivity index (χ0) is 45.4. The molecule has 0 unspecified atom stereocenters. The second-order valence-electron chi connectivity index (χ2n) is 14.6. The maximum atomic E-state index is 13.4. The summed E-state index contributed by atoms with van der Waals surface area (Å²) >= 11 is 4.94. The van der Waals surface area contributed by atoms with E-state index in [-0.39, 0.29) is 92.9 Å². The first-order valence-electron chi connectivity index (χ1n) is 20.3. The number of carbonyl (C=O) groups excluding carboxylic acids is 4. The molecule has 2 N–H and O–H groups in total. The van der Waals surface area contributed by atoms with Gasteiger partial charge in [-0.05, 0) is 85.3 Å². The third-order valence-corrected chi connectivity index (χ3v) is 10.6. The Morgan fingerprint density at radius 2 is 0.955 bits per heavy atom. The average molecular weight is 1080 g/mol. The van der Waals surface area contributed by atoms with Crippen LogP contribution in [0.15, 0.2) is 105 Å². The molecule has 0 saturated carbocycles. The summed E-state index contributed by atoms with van der Waals surface area (Å²) < 4.78 is 16.9. The fourth-order valence-electron chi connectivity index (χ4n) is 7.08. The SMILES string of the molecule is C.CS.CSCC(=O)NCCNC(=O)c1cc(-c2ccco2)cc(CN2CCN(Cc3cc(-c4ccco4)cc(C(=O)[O-])n3)CCN(Cc3cc(-c4ccco4)cc(C(=O)[O-])n3)CC2)n1.[Eu+3]. The molecule has 2 amide bonds. The summed E-state index contributed by atoms with van der Waals surface area (Å²) in [6.45, 7) is 4.74. The smallest absolute Gasteiger partial charge is 0.543 e. The Labute approximate surface area is 434 Å². The van der Waals surface area contributed by atoms with Gasteiger partial charge in [0.1, 0.15) is 23.0 Å². The van der Waals surface area contributed by atoms with Gasteiger partial charge in [-0.15, -0.1) is 0 Å². The van der Waals surface area contributed by atoms with Crippen LogP contribution in [0.3, 0.4) is 0 Å². The van der Waals surface area contributed by atoms with Gasteiger partial charge in [0, 0.05) is 88.7 Å². The molecule has 6 aromatic heterocycles. The van der Waals surface area contributed by atoms with Crippen LogP contribution >= 0.6 is 24.4 Å². The van der Waals surface area contributed by atoms with Gasteiger partial charge in [-0.3, -0.25) is 34.3 Å². The van der Waals surface area contributed by atoms with Crippen molar-refractivity contribution in [1.82, 2.24) is 40.3 Å². The Kier molecular flexibility index (Phi) is 22.2. The molecule has 348 valence electrons. The fourth-order valence-corrected chi connectivity index (χ4v) is 7.45. The maximum absolute atomic E-state index is 13.4. The number of aromatic nitrogens is 3. The van der Waals surface area contributed by atoms with Gasteiger partial charge < -0.3 is 43.7 Å². The molecule has 0 aliphatic carbocycles. The molecule has 1 fully saturated rings. The first-order valence-corrected chi connectivity index (χ1v) is 22.6. The van der Waals surface area contributed by atoms with E-state index in [9.17, 15) is 29.4 Å². The minimum atomic E-state index is -1.41. The van der Waals surface area contributed by atoms with Crippen molar-refractivity contribution in [2.24, 2.45) is 0 Å². The van der Waals surface area contributed by atoms with Gasteiger partial charge in [-0.2, -0.15) is 24.4 Å². The molecule has 0 atom stereocenters. The second-order valence-corrected chi connectivity index (χ2v) is 15.4. The number of thiol groups is 1. The van der Waals surface area contributed by atoms with Crippen LogP contribution in [0.2, 0.25) is 0 Å². The normalized spacial score (nSPS) is 13.4. The number of thioether (sulfide) groups is 1. The van der Waals surface area contributed by atoms with Crippen molar-refractivity contribution < 1.29 is 92.0 Å². The molecule has 1 saturated heterocycles. The standard InChI is InChI=1S/C44H46N8O9S.CH4S.CH4.Eu/c1-62-28-41(53)45-8-9-46-42(54)35-22-29(38-5-2-16-59-38)19-32(47-35)25-50-10-12-51(26-33-20-30(39-6-3-17-60-39)23-36(48-33)43(55)56)14-15-52(13-11-50)27-34-21-31(40-7-4-18-61-40)24-37(49-34)44(57)58;1-2;;/h2-7,16-24H,8-15,25-28H2,1H3,(H,45,53)(H,46,54)(H,55,56)(H,57,58);2H,1H3;1H4;/q;;;+3/p-2. The first-order chi connectivity index (χ1) is 31.1. The maximum Gasteiger partial charge on any atom is 3.00 e. The predicted molar refractivity (Wildman–Crippen MR) is 246 cm³/mol. The van der Waals surface area contributed by atoms with Crippen molar-refractivity contribution in [3.05, 3.63) is 126 Å². The average Bonchev–Trinajstić information content (AvgIpc) is 4.14. The number of aromatic carboxylic acids is 2. The minimum Gasteiger partial charge on any atom is -0.543 e. The molecule has 0 radical (unpaired) electrons. The minimum absolute atomic E-state index is 0. The van der Waals surface area contributed by atoms with Crippen molar-refractivity contribution in [1.29, 1.82) is 0 Å². The first kappa shape index (κ1) is 53.9. The van der Waals surface area contributed by atoms with E-state index in [1.165, 1.54) is 36.4 Å². The molecule has 66 heavy (non-hydrogen) atoms. The Morgan fingerprint density at radius 3 is 1.29 bits per heavy atom. The molecule has 20 heteroatoms. The largest absolute Gasteiger partial charge is 3.00 e. The van der Waals surface area contributed by atoms with Crippen LogP contribution < -0.4 is 20.8 Å². The predicted octanol–water partition coefficient (Wildman–Crippen LogP) is 3.59. The van der Waals surface area contributed by atoms with Gasteiger partial charge in [0.05, 0.1) is 65.0 Å². The molecular formula is C46H52EuN8O9S2+. The molecule has 0 bridgehead atoms. The van der Waals surface area contributed by atoms with Gasteiger partial charge in [-0.25, -0.2) is 4.98 Å². The summed E-state index contributed by atoms with van der Waals surface area (Å²) in [7, 11) is 0. The topological polar surface area (TPSA) is 226 Å². The molecule has 6 aromatic rings. The number of rotatable bonds is 17. The molecule has 7 rings (SSSR count). The summed E-state index contributed by atoms with van der Waals surface area (Å²) in [5.41, 5.74) is 3.18. The van der Waals surface area contributed by atoms with Crippen molar-refractivity contribution in [3.8, 4) is 34.0 Å². The summed E-state index contributed by atoms with van der Waals surface area (Å²) in [6.07, 6.45) is 8.12. The number of carboxylic acid groups (broad SMARTS) is 2. The summed E-state index contributed by atoms with van der Waals surface area (Å²) in [5, 5.41) is 29.7.